The molecule has 1 aliphatic heterocycles. The summed E-state index contributed by atoms with van der Waals surface area (Å²) in [6, 6.07) is 0.228. The van der Waals surface area contributed by atoms with Gasteiger partial charge in [0.15, 0.2) is 0 Å². The van der Waals surface area contributed by atoms with E-state index in [4.69, 9.17) is 4.74 Å². The molecule has 0 aliphatic carbocycles. The summed E-state index contributed by atoms with van der Waals surface area (Å²) in [6.45, 7) is 12.3. The zero-order valence-electron chi connectivity index (χ0n) is 16.4. The maximum absolute atomic E-state index is 11.5. The maximum Gasteiger partial charge on any atom is 0.236 e. The fourth-order valence-corrected chi connectivity index (χ4v) is 2.73. The number of aliphatic imine (C=N–C) groups is 1. The first-order valence-electron chi connectivity index (χ1n) is 9.11. The number of rotatable bonds is 10. The minimum Gasteiger partial charge on any atom is -0.497 e. The summed E-state index contributed by atoms with van der Waals surface area (Å²) in [6.07, 6.45) is 3.76. The van der Waals surface area contributed by atoms with E-state index >= 15 is 0 Å². The molecule has 0 aromatic carbocycles. The fraction of sp³-hybridized carbons (Fsp3) is 0.684. The topological polar surface area (TPSA) is 66.0 Å². The second-order valence-electron chi connectivity index (χ2n) is 6.63. The van der Waals surface area contributed by atoms with Crippen LogP contribution in [0.3, 0.4) is 0 Å². The summed E-state index contributed by atoms with van der Waals surface area (Å²) in [4.78, 5) is 17.7. The molecule has 142 valence electrons. The van der Waals surface area contributed by atoms with Crippen LogP contribution in [0.25, 0.3) is 0 Å². The normalized spacial score (nSPS) is 15.8. The van der Waals surface area contributed by atoms with Gasteiger partial charge in [-0.15, -0.1) is 0 Å². The summed E-state index contributed by atoms with van der Waals surface area (Å²) in [5.74, 6) is 2.01. The fourth-order valence-electron chi connectivity index (χ4n) is 2.73. The first kappa shape index (κ1) is 21.2. The molecule has 0 aromatic rings. The van der Waals surface area contributed by atoms with Crippen LogP contribution in [-0.4, -0.2) is 56.5 Å². The molecule has 0 fully saturated rings. The molecule has 1 atom stereocenters. The summed E-state index contributed by atoms with van der Waals surface area (Å²) in [5, 5.41) is 6.46. The van der Waals surface area contributed by atoms with Gasteiger partial charge in [0.05, 0.1) is 19.0 Å². The Bertz CT molecular complexity index is 524. The Morgan fingerprint density at radius 3 is 2.80 bits per heavy atom. The molecule has 1 heterocycles. The van der Waals surface area contributed by atoms with Crippen molar-refractivity contribution in [2.24, 2.45) is 4.99 Å². The number of hydrogen-bond acceptors (Lipinski definition) is 4. The highest BCUT2D eigenvalue weighted by Crippen LogP contribution is 2.25. The van der Waals surface area contributed by atoms with Crippen molar-refractivity contribution in [3.05, 3.63) is 23.6 Å². The number of ether oxygens (including phenoxy) is 1. The van der Waals surface area contributed by atoms with Gasteiger partial charge in [0.25, 0.3) is 0 Å². The number of allylic oxidation sites excluding steroid dienone is 2. The zero-order valence-corrected chi connectivity index (χ0v) is 16.4. The minimum atomic E-state index is 0.0984. The van der Waals surface area contributed by atoms with Crippen LogP contribution >= 0.6 is 0 Å². The lowest BCUT2D eigenvalue weighted by Gasteiger charge is -2.14. The SMILES string of the molecule is C=C(NC(C)=NC(C)CCCNCC(=O)N(C)C)C1=C(CC)OCC1. The maximum atomic E-state index is 11.5. The van der Waals surface area contributed by atoms with Gasteiger partial charge < -0.3 is 20.3 Å². The van der Waals surface area contributed by atoms with Crippen LogP contribution in [0.5, 0.6) is 0 Å². The van der Waals surface area contributed by atoms with Gasteiger partial charge in [-0.25, -0.2) is 0 Å². The molecule has 6 nitrogen and oxygen atoms in total. The van der Waals surface area contributed by atoms with Gasteiger partial charge in [-0.2, -0.15) is 0 Å². The predicted octanol–water partition coefficient (Wildman–Crippen LogP) is 2.44. The van der Waals surface area contributed by atoms with Crippen LogP contribution in [0.1, 0.15) is 46.5 Å². The van der Waals surface area contributed by atoms with E-state index in [1.807, 2.05) is 6.92 Å². The van der Waals surface area contributed by atoms with Crippen molar-refractivity contribution < 1.29 is 9.53 Å². The number of carbonyl (C=O) groups is 1. The van der Waals surface area contributed by atoms with E-state index in [1.165, 1.54) is 5.57 Å². The molecule has 0 spiro atoms. The molecule has 1 aliphatic rings. The average molecular weight is 351 g/mol. The molecule has 2 N–H and O–H groups in total. The number of amidine groups is 1. The zero-order chi connectivity index (χ0) is 18.8. The molecular formula is C19H34N4O2. The standard InChI is InChI=1S/C19H34N4O2/c1-7-18-17(10-12-25-18)15(3)22-16(4)21-14(2)9-8-11-20-13-19(24)23(5)6/h14,20H,3,7-13H2,1-2,4-6H3,(H,21,22). The summed E-state index contributed by atoms with van der Waals surface area (Å²) >= 11 is 0. The second kappa shape index (κ2) is 10.9. The van der Waals surface area contributed by atoms with Crippen LogP contribution < -0.4 is 10.6 Å². The molecular weight excluding hydrogens is 316 g/mol. The Morgan fingerprint density at radius 1 is 1.44 bits per heavy atom. The van der Waals surface area contributed by atoms with Crippen molar-refractivity contribution in [3.8, 4) is 0 Å². The monoisotopic (exact) mass is 350 g/mol. The number of hydrogen-bond donors (Lipinski definition) is 2. The summed E-state index contributed by atoms with van der Waals surface area (Å²) < 4.78 is 5.61. The molecule has 6 heteroatoms. The lowest BCUT2D eigenvalue weighted by molar-refractivity contribution is -0.127. The van der Waals surface area contributed by atoms with Gasteiger partial charge >= 0.3 is 0 Å². The number of carbonyl (C=O) groups excluding carboxylic acids is 1. The van der Waals surface area contributed by atoms with Gasteiger partial charge in [-0.05, 0) is 33.2 Å². The average Bonchev–Trinajstić information content (AvgIpc) is 3.02. The predicted molar refractivity (Wildman–Crippen MR) is 104 cm³/mol. The van der Waals surface area contributed by atoms with E-state index in [2.05, 4.69) is 36.1 Å². The lowest BCUT2D eigenvalue weighted by Crippen LogP contribution is -2.33. The molecule has 0 saturated carbocycles. The highest BCUT2D eigenvalue weighted by Gasteiger charge is 2.17. The van der Waals surface area contributed by atoms with Crippen molar-refractivity contribution >= 4 is 11.7 Å². The van der Waals surface area contributed by atoms with Crippen LogP contribution in [0.2, 0.25) is 0 Å². The number of likely N-dealkylation sites (N-methyl/N-ethyl adjacent to an activating group) is 1. The van der Waals surface area contributed by atoms with Crippen molar-refractivity contribution in [2.75, 3.05) is 33.8 Å². The third kappa shape index (κ3) is 7.73. The van der Waals surface area contributed by atoms with Crippen LogP contribution in [0.4, 0.5) is 0 Å². The Hall–Kier alpha value is -1.82. The molecule has 25 heavy (non-hydrogen) atoms. The molecule has 1 rings (SSSR count). The third-order valence-electron chi connectivity index (χ3n) is 4.15. The van der Waals surface area contributed by atoms with Crippen molar-refractivity contribution in [1.82, 2.24) is 15.5 Å². The van der Waals surface area contributed by atoms with Crippen molar-refractivity contribution in [2.45, 2.75) is 52.5 Å². The highest BCUT2D eigenvalue weighted by atomic mass is 16.5. The summed E-state index contributed by atoms with van der Waals surface area (Å²) in [5.41, 5.74) is 2.08. The van der Waals surface area contributed by atoms with Crippen molar-refractivity contribution in [3.63, 3.8) is 0 Å². The van der Waals surface area contributed by atoms with Gasteiger partial charge in [0, 0.05) is 44.2 Å². The number of nitrogens with zero attached hydrogens (tertiary/aromatic N) is 2. The molecule has 0 radical (unpaired) electrons. The first-order valence-corrected chi connectivity index (χ1v) is 9.11. The Kier molecular flexibility index (Phi) is 9.27. The number of nitrogens with one attached hydrogen (secondary N) is 2. The van der Waals surface area contributed by atoms with E-state index in [0.717, 1.165) is 56.1 Å². The van der Waals surface area contributed by atoms with Crippen molar-refractivity contribution in [1.29, 1.82) is 0 Å². The van der Waals surface area contributed by atoms with Crippen LogP contribution in [-0.2, 0) is 9.53 Å². The second-order valence-corrected chi connectivity index (χ2v) is 6.63. The lowest BCUT2D eigenvalue weighted by atomic mass is 10.1. The number of amides is 1. The molecule has 1 unspecified atom stereocenters. The molecule has 0 aromatic heterocycles. The molecule has 1 amide bonds. The van der Waals surface area contributed by atoms with E-state index in [1.54, 1.807) is 19.0 Å². The van der Waals surface area contributed by atoms with E-state index in [-0.39, 0.29) is 11.9 Å². The minimum absolute atomic E-state index is 0.0984. The largest absolute Gasteiger partial charge is 0.497 e. The third-order valence-corrected chi connectivity index (χ3v) is 4.15. The van der Waals surface area contributed by atoms with Crippen LogP contribution in [0, 0.1) is 0 Å². The summed E-state index contributed by atoms with van der Waals surface area (Å²) in [7, 11) is 3.53. The van der Waals surface area contributed by atoms with Gasteiger partial charge in [-0.1, -0.05) is 13.5 Å². The van der Waals surface area contributed by atoms with E-state index < -0.39 is 0 Å². The smallest absolute Gasteiger partial charge is 0.236 e. The highest BCUT2D eigenvalue weighted by molar-refractivity contribution is 5.82. The van der Waals surface area contributed by atoms with E-state index in [0.29, 0.717) is 6.54 Å². The Balaban J connectivity index is 2.31. The van der Waals surface area contributed by atoms with E-state index in [9.17, 15) is 4.79 Å². The molecule has 0 bridgehead atoms. The molecule has 0 saturated heterocycles. The Labute approximate surface area is 152 Å². The quantitative estimate of drug-likeness (QED) is 0.361. The van der Waals surface area contributed by atoms with Gasteiger partial charge in [-0.3, -0.25) is 9.79 Å². The Morgan fingerprint density at radius 2 is 2.16 bits per heavy atom. The van der Waals surface area contributed by atoms with Gasteiger partial charge in [0.2, 0.25) is 5.91 Å². The van der Waals surface area contributed by atoms with Crippen LogP contribution in [0.15, 0.2) is 28.6 Å². The first-order chi connectivity index (χ1) is 11.8. The van der Waals surface area contributed by atoms with Gasteiger partial charge in [0.1, 0.15) is 5.76 Å².